The van der Waals surface area contributed by atoms with E-state index in [4.69, 9.17) is 5.11 Å². The average molecular weight is 242 g/mol. The molecule has 17 heavy (non-hydrogen) atoms. The summed E-state index contributed by atoms with van der Waals surface area (Å²) >= 11 is 0. The van der Waals surface area contributed by atoms with E-state index in [1.807, 2.05) is 4.90 Å². The first-order valence-corrected chi connectivity index (χ1v) is 6.17. The number of hydrogen-bond donors (Lipinski definition) is 1. The first-order valence-electron chi connectivity index (χ1n) is 6.17. The van der Waals surface area contributed by atoms with E-state index in [0.717, 1.165) is 19.4 Å². The molecule has 1 aliphatic heterocycles. The molecular formula is C12H22N2O3. The predicted octanol–water partition coefficient (Wildman–Crippen LogP) is 1.63. The van der Waals surface area contributed by atoms with Gasteiger partial charge in [-0.3, -0.25) is 4.79 Å². The molecule has 0 aliphatic carbocycles. The number of nitrogens with zero attached hydrogens (tertiary/aromatic N) is 2. The lowest BCUT2D eigenvalue weighted by Gasteiger charge is -2.39. The van der Waals surface area contributed by atoms with E-state index in [1.54, 1.807) is 7.05 Å². The van der Waals surface area contributed by atoms with Crippen LogP contribution < -0.4 is 0 Å². The van der Waals surface area contributed by atoms with Crippen molar-refractivity contribution < 1.29 is 14.7 Å². The van der Waals surface area contributed by atoms with Crippen LogP contribution in [0.5, 0.6) is 0 Å². The number of rotatable bonds is 3. The zero-order valence-electron chi connectivity index (χ0n) is 10.8. The summed E-state index contributed by atoms with van der Waals surface area (Å²) in [6.07, 6.45) is 2.19. The highest BCUT2D eigenvalue weighted by molar-refractivity contribution is 5.75. The second-order valence-electron chi connectivity index (χ2n) is 4.90. The Kier molecular flexibility index (Phi) is 4.78. The van der Waals surface area contributed by atoms with Crippen LogP contribution in [0.25, 0.3) is 0 Å². The van der Waals surface area contributed by atoms with Crippen molar-refractivity contribution in [1.29, 1.82) is 0 Å². The number of amides is 2. The highest BCUT2D eigenvalue weighted by Crippen LogP contribution is 2.23. The van der Waals surface area contributed by atoms with Gasteiger partial charge in [-0.1, -0.05) is 6.92 Å². The van der Waals surface area contributed by atoms with Crippen LogP contribution in [0.3, 0.4) is 0 Å². The number of carboxylic acid groups (broad SMARTS) is 1. The molecule has 0 spiro atoms. The van der Waals surface area contributed by atoms with E-state index < -0.39 is 5.97 Å². The molecule has 0 aromatic heterocycles. The van der Waals surface area contributed by atoms with Gasteiger partial charge in [-0.05, 0) is 25.7 Å². The number of carboxylic acids is 1. The third kappa shape index (κ3) is 3.61. The first-order chi connectivity index (χ1) is 7.93. The molecule has 0 bridgehead atoms. The van der Waals surface area contributed by atoms with Crippen molar-refractivity contribution >= 4 is 12.0 Å². The molecule has 1 fully saturated rings. The normalized spacial score (nSPS) is 24.5. The molecule has 0 radical (unpaired) electrons. The second kappa shape index (κ2) is 5.89. The molecule has 98 valence electrons. The molecule has 1 heterocycles. The van der Waals surface area contributed by atoms with Gasteiger partial charge < -0.3 is 14.9 Å². The number of piperidine rings is 1. The van der Waals surface area contributed by atoms with Crippen molar-refractivity contribution in [2.45, 2.75) is 39.2 Å². The van der Waals surface area contributed by atoms with Crippen LogP contribution in [-0.2, 0) is 4.79 Å². The Hall–Kier alpha value is -1.26. The number of likely N-dealkylation sites (tertiary alicyclic amines) is 1. The molecule has 1 aliphatic rings. The SMILES string of the molecule is CC1CCCN(C(=O)N(C)CCC(=O)O)C1C. The minimum Gasteiger partial charge on any atom is -0.481 e. The van der Waals surface area contributed by atoms with E-state index in [-0.39, 0.29) is 25.0 Å². The van der Waals surface area contributed by atoms with Gasteiger partial charge in [0.05, 0.1) is 6.42 Å². The maximum absolute atomic E-state index is 12.1. The van der Waals surface area contributed by atoms with Gasteiger partial charge in [0, 0.05) is 26.2 Å². The van der Waals surface area contributed by atoms with Crippen molar-refractivity contribution in [1.82, 2.24) is 9.80 Å². The molecule has 5 heteroatoms. The molecular weight excluding hydrogens is 220 g/mol. The van der Waals surface area contributed by atoms with Gasteiger partial charge in [-0.2, -0.15) is 0 Å². The quantitative estimate of drug-likeness (QED) is 0.818. The number of carbonyl (C=O) groups excluding carboxylic acids is 1. The Morgan fingerprint density at radius 2 is 2.06 bits per heavy atom. The fraction of sp³-hybridized carbons (Fsp3) is 0.833. The maximum atomic E-state index is 12.1. The highest BCUT2D eigenvalue weighted by atomic mass is 16.4. The van der Waals surface area contributed by atoms with Crippen LogP contribution in [0, 0.1) is 5.92 Å². The lowest BCUT2D eigenvalue weighted by molar-refractivity contribution is -0.137. The smallest absolute Gasteiger partial charge is 0.320 e. The number of aliphatic carboxylic acids is 1. The fourth-order valence-electron chi connectivity index (χ4n) is 2.18. The predicted molar refractivity (Wildman–Crippen MR) is 64.8 cm³/mol. The van der Waals surface area contributed by atoms with Gasteiger partial charge in [-0.15, -0.1) is 0 Å². The molecule has 2 amide bonds. The van der Waals surface area contributed by atoms with Crippen molar-refractivity contribution in [3.05, 3.63) is 0 Å². The average Bonchev–Trinajstić information content (AvgIpc) is 2.28. The lowest BCUT2D eigenvalue weighted by Crippen LogP contribution is -2.51. The molecule has 2 atom stereocenters. The van der Waals surface area contributed by atoms with E-state index in [9.17, 15) is 9.59 Å². The molecule has 1 N–H and O–H groups in total. The molecule has 0 saturated carbocycles. The Bertz CT molecular complexity index is 293. The fourth-order valence-corrected chi connectivity index (χ4v) is 2.18. The molecule has 1 saturated heterocycles. The summed E-state index contributed by atoms with van der Waals surface area (Å²) in [5, 5.41) is 8.60. The summed E-state index contributed by atoms with van der Waals surface area (Å²) in [6.45, 7) is 5.27. The summed E-state index contributed by atoms with van der Waals surface area (Å²) in [5.41, 5.74) is 0. The van der Waals surface area contributed by atoms with Crippen LogP contribution in [-0.4, -0.2) is 53.1 Å². The van der Waals surface area contributed by atoms with Gasteiger partial charge in [0.15, 0.2) is 0 Å². The number of urea groups is 1. The van der Waals surface area contributed by atoms with Crippen molar-refractivity contribution in [2.24, 2.45) is 5.92 Å². The standard InChI is InChI=1S/C12H22N2O3/c1-9-5-4-7-14(10(9)2)12(17)13(3)8-6-11(15)16/h9-10H,4-8H2,1-3H3,(H,15,16). The minimum absolute atomic E-state index is 0.0000144. The number of hydrogen-bond acceptors (Lipinski definition) is 2. The van der Waals surface area contributed by atoms with Crippen LogP contribution in [0.2, 0.25) is 0 Å². The molecule has 0 aromatic rings. The zero-order chi connectivity index (χ0) is 13.0. The maximum Gasteiger partial charge on any atom is 0.320 e. The second-order valence-corrected chi connectivity index (χ2v) is 4.90. The summed E-state index contributed by atoms with van der Waals surface area (Å²) in [4.78, 5) is 26.0. The third-order valence-electron chi connectivity index (χ3n) is 3.61. The summed E-state index contributed by atoms with van der Waals surface area (Å²) in [6, 6.07) is 0.189. The van der Waals surface area contributed by atoms with Crippen LogP contribution >= 0.6 is 0 Å². The van der Waals surface area contributed by atoms with Gasteiger partial charge in [0.2, 0.25) is 0 Å². The Morgan fingerprint density at radius 1 is 1.41 bits per heavy atom. The van der Waals surface area contributed by atoms with Gasteiger partial charge in [0.1, 0.15) is 0 Å². The lowest BCUT2D eigenvalue weighted by atomic mass is 9.92. The van der Waals surface area contributed by atoms with Crippen molar-refractivity contribution in [3.8, 4) is 0 Å². The third-order valence-corrected chi connectivity index (χ3v) is 3.61. The summed E-state index contributed by atoms with van der Waals surface area (Å²) in [7, 11) is 1.66. The van der Waals surface area contributed by atoms with E-state index in [0.29, 0.717) is 5.92 Å². The van der Waals surface area contributed by atoms with Gasteiger partial charge >= 0.3 is 12.0 Å². The molecule has 0 aromatic carbocycles. The Balaban J connectivity index is 2.53. The van der Waals surface area contributed by atoms with E-state index in [1.165, 1.54) is 4.90 Å². The summed E-state index contributed by atoms with van der Waals surface area (Å²) < 4.78 is 0. The van der Waals surface area contributed by atoms with Crippen molar-refractivity contribution in [2.75, 3.05) is 20.1 Å². The Morgan fingerprint density at radius 3 is 2.65 bits per heavy atom. The number of carbonyl (C=O) groups is 2. The molecule has 2 unspecified atom stereocenters. The summed E-state index contributed by atoms with van der Waals surface area (Å²) in [5.74, 6) is -0.356. The minimum atomic E-state index is -0.871. The van der Waals surface area contributed by atoms with Gasteiger partial charge in [-0.25, -0.2) is 4.79 Å². The van der Waals surface area contributed by atoms with Gasteiger partial charge in [0.25, 0.3) is 0 Å². The van der Waals surface area contributed by atoms with E-state index >= 15 is 0 Å². The highest BCUT2D eigenvalue weighted by Gasteiger charge is 2.29. The molecule has 5 nitrogen and oxygen atoms in total. The first kappa shape index (κ1) is 13.8. The van der Waals surface area contributed by atoms with Crippen LogP contribution in [0.1, 0.15) is 33.1 Å². The molecule has 1 rings (SSSR count). The largest absolute Gasteiger partial charge is 0.481 e. The zero-order valence-corrected chi connectivity index (χ0v) is 10.8. The van der Waals surface area contributed by atoms with Crippen LogP contribution in [0.15, 0.2) is 0 Å². The van der Waals surface area contributed by atoms with Crippen molar-refractivity contribution in [3.63, 3.8) is 0 Å². The topological polar surface area (TPSA) is 60.9 Å². The van der Waals surface area contributed by atoms with Crippen LogP contribution in [0.4, 0.5) is 4.79 Å². The van der Waals surface area contributed by atoms with E-state index in [2.05, 4.69) is 13.8 Å². The monoisotopic (exact) mass is 242 g/mol. The Labute approximate surface area is 102 Å².